The monoisotopic (exact) mass is 468 g/mol. The molecule has 0 aliphatic carbocycles. The zero-order chi connectivity index (χ0) is 23.3. The summed E-state index contributed by atoms with van der Waals surface area (Å²) < 4.78 is 7.65. The first kappa shape index (κ1) is 25.5. The summed E-state index contributed by atoms with van der Waals surface area (Å²) >= 11 is 1.70. The molecule has 3 aromatic rings. The minimum Gasteiger partial charge on any atom is -0.427 e. The van der Waals surface area contributed by atoms with Gasteiger partial charge in [0.05, 0.1) is 10.6 Å². The first-order valence-corrected chi connectivity index (χ1v) is 13.8. The number of hydrogen-bond donors (Lipinski definition) is 0. The van der Waals surface area contributed by atoms with Crippen molar-refractivity contribution in [3.63, 3.8) is 0 Å². The maximum absolute atomic E-state index is 12.1. The molecule has 4 nitrogen and oxygen atoms in total. The molecule has 5 heteroatoms. The van der Waals surface area contributed by atoms with Crippen LogP contribution in [0.5, 0.6) is 5.75 Å². The summed E-state index contributed by atoms with van der Waals surface area (Å²) in [7, 11) is 0. The highest BCUT2D eigenvalue weighted by Gasteiger charge is 2.10. The van der Waals surface area contributed by atoms with Crippen molar-refractivity contribution < 1.29 is 9.53 Å². The van der Waals surface area contributed by atoms with Gasteiger partial charge in [0.25, 0.3) is 0 Å². The fraction of sp³-hybridized carbons (Fsp3) is 0.571. The predicted molar refractivity (Wildman–Crippen MR) is 139 cm³/mol. The maximum atomic E-state index is 12.1. The first-order valence-electron chi connectivity index (χ1n) is 13.0. The number of esters is 1. The Bertz CT molecular complexity index is 927. The zero-order valence-electron chi connectivity index (χ0n) is 20.5. The van der Waals surface area contributed by atoms with Gasteiger partial charge < -0.3 is 4.74 Å². The van der Waals surface area contributed by atoms with Crippen molar-refractivity contribution in [3.8, 4) is 16.2 Å². The van der Waals surface area contributed by atoms with Crippen LogP contribution in [0.25, 0.3) is 15.4 Å². The second-order valence-corrected chi connectivity index (χ2v) is 10.1. The van der Waals surface area contributed by atoms with Gasteiger partial charge in [0.2, 0.25) is 0 Å². The minimum atomic E-state index is -0.134. The molecule has 180 valence electrons. The lowest BCUT2D eigenvalue weighted by atomic mass is 10.1. The van der Waals surface area contributed by atoms with Gasteiger partial charge in [-0.1, -0.05) is 89.4 Å². The molecule has 33 heavy (non-hydrogen) atoms. The number of fused-ring (bicyclic) bond motifs is 1. The van der Waals surface area contributed by atoms with Gasteiger partial charge in [-0.15, -0.1) is 0 Å². The number of imidazole rings is 1. The smallest absolute Gasteiger partial charge is 0.311 e. The average Bonchev–Trinajstić information content (AvgIpc) is 3.38. The highest BCUT2D eigenvalue weighted by atomic mass is 32.1. The van der Waals surface area contributed by atoms with Crippen LogP contribution < -0.4 is 4.74 Å². The highest BCUT2D eigenvalue weighted by Crippen LogP contribution is 2.30. The third-order valence-electron chi connectivity index (χ3n) is 6.10. The standard InChI is InChI=1S/C28H40N2O2S/c1-3-5-7-9-11-13-15-24-21-30-22-26(33-28(30)29-24)23-17-19-25(20-18-23)32-27(31)16-14-12-10-8-6-4-2/h17-22H,3-16H2,1-2H3. The Labute approximate surface area is 203 Å². The number of thiazole rings is 1. The summed E-state index contributed by atoms with van der Waals surface area (Å²) in [6, 6.07) is 7.83. The second kappa shape index (κ2) is 14.2. The molecule has 2 heterocycles. The van der Waals surface area contributed by atoms with Crippen LogP contribution in [-0.2, 0) is 11.2 Å². The van der Waals surface area contributed by atoms with Gasteiger partial charge in [0.1, 0.15) is 5.75 Å². The molecule has 0 fully saturated rings. The summed E-state index contributed by atoms with van der Waals surface area (Å²) in [5.41, 5.74) is 2.31. The number of carbonyl (C=O) groups is 1. The fourth-order valence-electron chi connectivity index (χ4n) is 4.10. The molecule has 0 spiro atoms. The van der Waals surface area contributed by atoms with Gasteiger partial charge in [0, 0.05) is 18.8 Å². The van der Waals surface area contributed by atoms with E-state index in [0.29, 0.717) is 12.2 Å². The average molecular weight is 469 g/mol. The number of unbranched alkanes of at least 4 members (excludes halogenated alkanes) is 10. The largest absolute Gasteiger partial charge is 0.427 e. The van der Waals surface area contributed by atoms with Gasteiger partial charge >= 0.3 is 5.97 Å². The number of nitrogens with zero attached hydrogens (tertiary/aromatic N) is 2. The molecule has 0 aliphatic heterocycles. The third-order valence-corrected chi connectivity index (χ3v) is 7.14. The molecule has 0 saturated carbocycles. The van der Waals surface area contributed by atoms with Crippen molar-refractivity contribution in [2.45, 2.75) is 104 Å². The van der Waals surface area contributed by atoms with Crippen molar-refractivity contribution >= 4 is 22.3 Å². The number of rotatable bonds is 16. The molecule has 0 bridgehead atoms. The van der Waals surface area contributed by atoms with E-state index in [9.17, 15) is 4.79 Å². The summed E-state index contributed by atoms with van der Waals surface area (Å²) in [5.74, 6) is 0.489. The van der Waals surface area contributed by atoms with Crippen LogP contribution in [0.1, 0.15) is 103 Å². The summed E-state index contributed by atoms with van der Waals surface area (Å²) in [4.78, 5) is 19.1. The quantitative estimate of drug-likeness (QED) is 0.120. The topological polar surface area (TPSA) is 43.6 Å². The number of benzene rings is 1. The maximum Gasteiger partial charge on any atom is 0.311 e. The van der Waals surface area contributed by atoms with E-state index in [0.717, 1.165) is 29.8 Å². The van der Waals surface area contributed by atoms with Crippen LogP contribution in [0.3, 0.4) is 0 Å². The van der Waals surface area contributed by atoms with Crippen molar-refractivity contribution in [3.05, 3.63) is 42.4 Å². The Morgan fingerprint density at radius 2 is 1.48 bits per heavy atom. The van der Waals surface area contributed by atoms with Crippen LogP contribution in [0.15, 0.2) is 36.7 Å². The lowest BCUT2D eigenvalue weighted by molar-refractivity contribution is -0.134. The summed E-state index contributed by atoms with van der Waals surface area (Å²) in [6.07, 6.45) is 20.8. The zero-order valence-corrected chi connectivity index (χ0v) is 21.3. The van der Waals surface area contributed by atoms with E-state index in [1.165, 1.54) is 74.8 Å². The Balaban J connectivity index is 1.43. The first-order chi connectivity index (χ1) is 16.2. The normalized spacial score (nSPS) is 11.3. The van der Waals surface area contributed by atoms with E-state index < -0.39 is 0 Å². The number of aryl methyl sites for hydroxylation is 1. The van der Waals surface area contributed by atoms with Gasteiger partial charge in [-0.05, 0) is 49.1 Å². The molecule has 3 rings (SSSR count). The molecule has 0 saturated heterocycles. The number of aromatic nitrogens is 2. The fourth-order valence-corrected chi connectivity index (χ4v) is 5.09. The van der Waals surface area contributed by atoms with Gasteiger partial charge in [-0.2, -0.15) is 0 Å². The number of ether oxygens (including phenoxy) is 1. The van der Waals surface area contributed by atoms with Gasteiger partial charge in [-0.3, -0.25) is 9.20 Å². The van der Waals surface area contributed by atoms with Crippen molar-refractivity contribution in [2.24, 2.45) is 0 Å². The van der Waals surface area contributed by atoms with E-state index in [-0.39, 0.29) is 5.97 Å². The van der Waals surface area contributed by atoms with E-state index >= 15 is 0 Å². The molecule has 0 atom stereocenters. The van der Waals surface area contributed by atoms with Crippen molar-refractivity contribution in [2.75, 3.05) is 0 Å². The molecule has 0 aliphatic rings. The van der Waals surface area contributed by atoms with E-state index in [1.54, 1.807) is 11.3 Å². The summed E-state index contributed by atoms with van der Waals surface area (Å²) in [5, 5.41) is 0. The minimum absolute atomic E-state index is 0.134. The Morgan fingerprint density at radius 3 is 2.15 bits per heavy atom. The number of hydrogen-bond acceptors (Lipinski definition) is 4. The molecule has 0 unspecified atom stereocenters. The van der Waals surface area contributed by atoms with E-state index in [2.05, 4.69) is 30.6 Å². The van der Waals surface area contributed by atoms with Crippen LogP contribution in [-0.4, -0.2) is 15.4 Å². The van der Waals surface area contributed by atoms with Crippen molar-refractivity contribution in [1.82, 2.24) is 9.38 Å². The Hall–Kier alpha value is -2.14. The van der Waals surface area contributed by atoms with Crippen LogP contribution in [0, 0.1) is 0 Å². The molecule has 0 radical (unpaired) electrons. The highest BCUT2D eigenvalue weighted by molar-refractivity contribution is 7.20. The van der Waals surface area contributed by atoms with E-state index in [1.807, 2.05) is 24.3 Å². The van der Waals surface area contributed by atoms with Crippen molar-refractivity contribution in [1.29, 1.82) is 0 Å². The molecule has 0 amide bonds. The second-order valence-electron chi connectivity index (χ2n) is 9.05. The summed E-state index contributed by atoms with van der Waals surface area (Å²) in [6.45, 7) is 4.47. The van der Waals surface area contributed by atoms with Gasteiger partial charge in [-0.25, -0.2) is 4.98 Å². The molecule has 2 aromatic heterocycles. The lowest BCUT2D eigenvalue weighted by Gasteiger charge is -2.05. The molecule has 0 N–H and O–H groups in total. The molecular formula is C28H40N2O2S. The Morgan fingerprint density at radius 1 is 0.848 bits per heavy atom. The van der Waals surface area contributed by atoms with Crippen LogP contribution in [0.4, 0.5) is 0 Å². The molecular weight excluding hydrogens is 428 g/mol. The van der Waals surface area contributed by atoms with E-state index in [4.69, 9.17) is 9.72 Å². The molecule has 1 aromatic carbocycles. The number of carbonyl (C=O) groups excluding carboxylic acids is 1. The van der Waals surface area contributed by atoms with Crippen LogP contribution in [0.2, 0.25) is 0 Å². The Kier molecular flexibility index (Phi) is 11.0. The van der Waals surface area contributed by atoms with Crippen LogP contribution >= 0.6 is 11.3 Å². The SMILES string of the molecule is CCCCCCCCC(=O)Oc1ccc(-c2cn3cc(CCCCCCCC)nc3s2)cc1. The van der Waals surface area contributed by atoms with Gasteiger partial charge in [0.15, 0.2) is 4.96 Å². The predicted octanol–water partition coefficient (Wildman–Crippen LogP) is 8.62. The lowest BCUT2D eigenvalue weighted by Crippen LogP contribution is -2.07. The third kappa shape index (κ3) is 8.62.